The summed E-state index contributed by atoms with van der Waals surface area (Å²) in [5.74, 6) is -0.438. The van der Waals surface area contributed by atoms with Gasteiger partial charge in [0, 0.05) is 44.2 Å². The molecular formula is C30H37F2N7O2S. The molecule has 0 saturated heterocycles. The van der Waals surface area contributed by atoms with Gasteiger partial charge in [-0.1, -0.05) is 19.9 Å². The topological polar surface area (TPSA) is 112 Å². The predicted octanol–water partition coefficient (Wildman–Crippen LogP) is 3.90. The Hall–Kier alpha value is -3.64. The van der Waals surface area contributed by atoms with E-state index in [2.05, 4.69) is 39.9 Å². The molecule has 1 aromatic carbocycles. The number of nitrogens with one attached hydrogen (secondary N) is 3. The molecule has 0 bridgehead atoms. The highest BCUT2D eigenvalue weighted by Crippen LogP contribution is 2.49. The van der Waals surface area contributed by atoms with Crippen molar-refractivity contribution < 1.29 is 17.2 Å². The Kier molecular flexibility index (Phi) is 8.47. The number of sulfone groups is 1. The maximum Gasteiger partial charge on any atom is 0.173 e. The second kappa shape index (κ2) is 11.9. The van der Waals surface area contributed by atoms with Crippen LogP contribution in [0.15, 0.2) is 59.0 Å². The standard InChI is InChI=1S/C30H37F2N7O2S/c1-5-19-10-12-30(6-2,27-21(19)16-24(39(3)38-27)26-22(31)8-7-9-23(26)32)25-11-13-33-28(37-25)20-17-35-29(36-18-20)34-14-15-42(4,40)41/h7-9,11,13,16-19,29,34-35,38H,5-6,10,12,14-15H2,1-4H3/t19-,29?,30+/m0/s1. The summed E-state index contributed by atoms with van der Waals surface area (Å²) in [5.41, 5.74) is 7.05. The van der Waals surface area contributed by atoms with Crippen LogP contribution in [0.4, 0.5) is 8.78 Å². The summed E-state index contributed by atoms with van der Waals surface area (Å²) in [7, 11) is -1.29. The Balaban J connectivity index is 1.48. The maximum absolute atomic E-state index is 14.8. The molecule has 1 aromatic heterocycles. The molecule has 42 heavy (non-hydrogen) atoms. The summed E-state index contributed by atoms with van der Waals surface area (Å²) >= 11 is 0. The molecule has 3 aliphatic rings. The number of hydrogen-bond donors (Lipinski definition) is 3. The van der Waals surface area contributed by atoms with Crippen molar-refractivity contribution in [2.45, 2.75) is 51.2 Å². The molecule has 3 atom stereocenters. The Morgan fingerprint density at radius 1 is 1.19 bits per heavy atom. The average Bonchev–Trinajstić information content (AvgIpc) is 2.96. The van der Waals surface area contributed by atoms with Crippen molar-refractivity contribution in [1.82, 2.24) is 31.0 Å². The van der Waals surface area contributed by atoms with Crippen molar-refractivity contribution in [3.05, 3.63) is 82.7 Å². The smallest absolute Gasteiger partial charge is 0.173 e. The molecule has 0 radical (unpaired) electrons. The lowest BCUT2D eigenvalue weighted by Crippen LogP contribution is -2.48. The van der Waals surface area contributed by atoms with Crippen LogP contribution in [0.1, 0.15) is 56.6 Å². The zero-order valence-corrected chi connectivity index (χ0v) is 25.1. The number of aliphatic imine (C=N–C) groups is 1. The Labute approximate surface area is 245 Å². The molecule has 9 nitrogen and oxygen atoms in total. The van der Waals surface area contributed by atoms with Crippen LogP contribution in [0.5, 0.6) is 0 Å². The number of rotatable bonds is 9. The summed E-state index contributed by atoms with van der Waals surface area (Å²) in [6, 6.07) is 5.86. The van der Waals surface area contributed by atoms with Crippen molar-refractivity contribution in [1.29, 1.82) is 0 Å². The molecule has 1 aliphatic carbocycles. The van der Waals surface area contributed by atoms with Gasteiger partial charge in [-0.25, -0.2) is 27.2 Å². The lowest BCUT2D eigenvalue weighted by Gasteiger charge is -2.47. The van der Waals surface area contributed by atoms with Crippen LogP contribution in [0.2, 0.25) is 0 Å². The second-order valence-corrected chi connectivity index (χ2v) is 13.3. The van der Waals surface area contributed by atoms with Gasteiger partial charge in [-0.05, 0) is 61.4 Å². The number of halogens is 2. The van der Waals surface area contributed by atoms with Crippen LogP contribution in [-0.2, 0) is 15.3 Å². The van der Waals surface area contributed by atoms with E-state index in [4.69, 9.17) is 4.98 Å². The number of hydrogen-bond acceptors (Lipinski definition) is 9. The second-order valence-electron chi connectivity index (χ2n) is 11.0. The Morgan fingerprint density at radius 2 is 1.95 bits per heavy atom. The number of aromatic nitrogens is 2. The van der Waals surface area contributed by atoms with Gasteiger partial charge in [-0.15, -0.1) is 0 Å². The highest BCUT2D eigenvalue weighted by molar-refractivity contribution is 7.90. The van der Waals surface area contributed by atoms with Crippen molar-refractivity contribution in [2.75, 3.05) is 25.6 Å². The minimum atomic E-state index is -3.07. The fraction of sp³-hybridized carbons (Fsp3) is 0.433. The summed E-state index contributed by atoms with van der Waals surface area (Å²) in [5, 5.41) is 7.87. The number of nitrogens with zero attached hydrogens (tertiary/aromatic N) is 4. The molecule has 2 aromatic rings. The minimum Gasteiger partial charge on any atom is -0.357 e. The van der Waals surface area contributed by atoms with Crippen molar-refractivity contribution in [2.24, 2.45) is 10.9 Å². The van der Waals surface area contributed by atoms with E-state index in [9.17, 15) is 17.2 Å². The molecule has 5 rings (SSSR count). The fourth-order valence-electron chi connectivity index (χ4n) is 6.00. The zero-order valence-electron chi connectivity index (χ0n) is 24.3. The number of benzene rings is 1. The molecule has 12 heteroatoms. The molecule has 0 fully saturated rings. The first-order valence-corrected chi connectivity index (χ1v) is 16.3. The van der Waals surface area contributed by atoms with E-state index in [1.165, 1.54) is 24.5 Å². The zero-order chi connectivity index (χ0) is 30.1. The molecule has 0 spiro atoms. The molecule has 3 N–H and O–H groups in total. The van der Waals surface area contributed by atoms with Crippen LogP contribution < -0.4 is 16.1 Å². The average molecular weight is 598 g/mol. The van der Waals surface area contributed by atoms with Gasteiger partial charge in [-0.2, -0.15) is 0 Å². The summed E-state index contributed by atoms with van der Waals surface area (Å²) < 4.78 is 52.5. The van der Waals surface area contributed by atoms with Crippen molar-refractivity contribution in [3.8, 4) is 0 Å². The van der Waals surface area contributed by atoms with E-state index >= 15 is 0 Å². The Bertz CT molecular complexity index is 1570. The van der Waals surface area contributed by atoms with Gasteiger partial charge in [0.2, 0.25) is 0 Å². The van der Waals surface area contributed by atoms with Crippen LogP contribution in [-0.4, -0.2) is 61.5 Å². The SMILES string of the molecule is CC[C@H]1CC[C@](CC)(c2ccnc(C3=CNC(NCCS(C)(=O)=O)N=C3)n2)C2=C1C=C(c1c(F)cccc1F)N(C)N2. The predicted molar refractivity (Wildman–Crippen MR) is 160 cm³/mol. The molecule has 0 saturated carbocycles. The molecule has 3 heterocycles. The number of hydrazine groups is 1. The van der Waals surface area contributed by atoms with Crippen LogP contribution in [0.3, 0.4) is 0 Å². The van der Waals surface area contributed by atoms with Crippen molar-refractivity contribution >= 4 is 27.3 Å². The Morgan fingerprint density at radius 3 is 2.60 bits per heavy atom. The molecule has 1 unspecified atom stereocenters. The molecule has 224 valence electrons. The van der Waals surface area contributed by atoms with Crippen LogP contribution in [0, 0.1) is 17.6 Å². The lowest BCUT2D eigenvalue weighted by atomic mass is 9.65. The largest absolute Gasteiger partial charge is 0.357 e. The summed E-state index contributed by atoms with van der Waals surface area (Å²) in [4.78, 5) is 14.0. The van der Waals surface area contributed by atoms with E-state index < -0.39 is 33.2 Å². The van der Waals surface area contributed by atoms with Crippen molar-refractivity contribution in [3.63, 3.8) is 0 Å². The first-order valence-electron chi connectivity index (χ1n) is 14.2. The van der Waals surface area contributed by atoms with E-state index in [1.54, 1.807) is 30.7 Å². The first-order chi connectivity index (χ1) is 20.1. The van der Waals surface area contributed by atoms with Gasteiger partial charge in [0.25, 0.3) is 0 Å². The van der Waals surface area contributed by atoms with E-state index in [0.717, 1.165) is 42.6 Å². The third kappa shape index (κ3) is 5.82. The van der Waals surface area contributed by atoms with Gasteiger partial charge >= 0.3 is 0 Å². The molecular weight excluding hydrogens is 560 g/mol. The molecule has 2 aliphatic heterocycles. The highest BCUT2D eigenvalue weighted by Gasteiger charge is 2.45. The summed E-state index contributed by atoms with van der Waals surface area (Å²) in [6.45, 7) is 4.54. The van der Waals surface area contributed by atoms with Crippen LogP contribution in [0.25, 0.3) is 11.3 Å². The van der Waals surface area contributed by atoms with Gasteiger partial charge in [0.05, 0.1) is 33.7 Å². The van der Waals surface area contributed by atoms with Gasteiger partial charge in [-0.3, -0.25) is 15.3 Å². The third-order valence-corrected chi connectivity index (χ3v) is 9.29. The van der Waals surface area contributed by atoms with Gasteiger partial charge in [0.15, 0.2) is 12.1 Å². The monoisotopic (exact) mass is 597 g/mol. The molecule has 0 amide bonds. The van der Waals surface area contributed by atoms with Gasteiger partial charge in [0.1, 0.15) is 21.5 Å². The first kappa shape index (κ1) is 29.8. The van der Waals surface area contributed by atoms with Crippen LogP contribution >= 0.6 is 0 Å². The van der Waals surface area contributed by atoms with E-state index in [1.807, 2.05) is 12.1 Å². The quantitative estimate of drug-likeness (QED) is 0.399. The lowest BCUT2D eigenvalue weighted by molar-refractivity contribution is 0.264. The number of allylic oxidation sites excluding steroid dienone is 4. The summed E-state index contributed by atoms with van der Waals surface area (Å²) in [6.07, 6.45) is 11.3. The fourth-order valence-corrected chi connectivity index (χ4v) is 6.48. The minimum absolute atomic E-state index is 0.0212. The van der Waals surface area contributed by atoms with Gasteiger partial charge < -0.3 is 10.7 Å². The van der Waals surface area contributed by atoms with E-state index in [0.29, 0.717) is 17.1 Å². The normalized spacial score (nSPS) is 24.0. The van der Waals surface area contributed by atoms with E-state index in [-0.39, 0.29) is 23.8 Å². The highest BCUT2D eigenvalue weighted by atomic mass is 32.2. The third-order valence-electron chi connectivity index (χ3n) is 8.35. The maximum atomic E-state index is 14.8.